The van der Waals surface area contributed by atoms with E-state index in [0.717, 1.165) is 37.0 Å². The molecule has 1 N–H and O–H groups in total. The Bertz CT molecular complexity index is 385. The summed E-state index contributed by atoms with van der Waals surface area (Å²) in [4.78, 5) is 10.3. The van der Waals surface area contributed by atoms with Gasteiger partial charge in [0.05, 0.1) is 6.61 Å². The first-order chi connectivity index (χ1) is 8.59. The summed E-state index contributed by atoms with van der Waals surface area (Å²) in [6, 6.07) is 6.20. The molecule has 0 heterocycles. The van der Waals surface area contributed by atoms with Crippen molar-refractivity contribution in [1.82, 2.24) is 0 Å². The van der Waals surface area contributed by atoms with E-state index in [9.17, 15) is 4.79 Å². The van der Waals surface area contributed by atoms with Crippen LogP contribution in [-0.2, 0) is 4.79 Å². The highest BCUT2D eigenvalue weighted by Crippen LogP contribution is 2.19. The van der Waals surface area contributed by atoms with Gasteiger partial charge in [0.1, 0.15) is 5.75 Å². The molecule has 0 saturated heterocycles. The van der Waals surface area contributed by atoms with Gasteiger partial charge in [-0.1, -0.05) is 25.0 Å². The average Bonchev–Trinajstić information content (AvgIpc) is 2.32. The van der Waals surface area contributed by atoms with Gasteiger partial charge in [-0.15, -0.1) is 0 Å². The molecule has 0 radical (unpaired) electrons. The first kappa shape index (κ1) is 14.6. The molecule has 0 aliphatic heterocycles. The summed E-state index contributed by atoms with van der Waals surface area (Å²) < 4.78 is 5.73. The number of rotatable bonds is 8. The predicted molar refractivity (Wildman–Crippen MR) is 72.1 cm³/mol. The molecule has 1 aromatic carbocycles. The van der Waals surface area contributed by atoms with E-state index < -0.39 is 5.97 Å². The smallest absolute Gasteiger partial charge is 0.303 e. The molecule has 0 spiro atoms. The highest BCUT2D eigenvalue weighted by molar-refractivity contribution is 5.66. The van der Waals surface area contributed by atoms with E-state index in [1.807, 2.05) is 6.92 Å². The van der Waals surface area contributed by atoms with Crippen LogP contribution < -0.4 is 4.74 Å². The maximum absolute atomic E-state index is 10.3. The standard InChI is InChI=1S/C15H22O3/c1-12-8-9-13(2)14(11-12)18-10-6-4-3-5-7-15(16)17/h8-9,11H,3-7,10H2,1-2H3,(H,16,17). The molecular formula is C15H22O3. The van der Waals surface area contributed by atoms with Gasteiger partial charge in [-0.3, -0.25) is 4.79 Å². The Morgan fingerprint density at radius 1 is 1.17 bits per heavy atom. The molecule has 0 aliphatic carbocycles. The molecule has 0 fully saturated rings. The zero-order valence-corrected chi connectivity index (χ0v) is 11.2. The summed E-state index contributed by atoms with van der Waals surface area (Å²) in [6.45, 7) is 4.80. The summed E-state index contributed by atoms with van der Waals surface area (Å²) in [5.41, 5.74) is 2.36. The van der Waals surface area contributed by atoms with Crippen LogP contribution in [0.5, 0.6) is 5.75 Å². The molecule has 100 valence electrons. The zero-order chi connectivity index (χ0) is 13.4. The predicted octanol–water partition coefficient (Wildman–Crippen LogP) is 3.72. The highest BCUT2D eigenvalue weighted by atomic mass is 16.5. The fourth-order valence-corrected chi connectivity index (χ4v) is 1.78. The largest absolute Gasteiger partial charge is 0.493 e. The first-order valence-corrected chi connectivity index (χ1v) is 6.51. The van der Waals surface area contributed by atoms with Crippen molar-refractivity contribution in [2.75, 3.05) is 6.61 Å². The lowest BCUT2D eigenvalue weighted by molar-refractivity contribution is -0.137. The fourth-order valence-electron chi connectivity index (χ4n) is 1.78. The summed E-state index contributed by atoms with van der Waals surface area (Å²) in [7, 11) is 0. The van der Waals surface area contributed by atoms with Crippen molar-refractivity contribution in [3.05, 3.63) is 29.3 Å². The minimum absolute atomic E-state index is 0.276. The molecule has 1 aromatic rings. The molecule has 0 amide bonds. The molecule has 0 aromatic heterocycles. The molecule has 0 aliphatic rings. The zero-order valence-electron chi connectivity index (χ0n) is 11.2. The summed E-state index contributed by atoms with van der Waals surface area (Å²) in [5.74, 6) is 0.252. The lowest BCUT2D eigenvalue weighted by Gasteiger charge is -2.09. The topological polar surface area (TPSA) is 46.5 Å². The van der Waals surface area contributed by atoms with E-state index in [0.29, 0.717) is 6.61 Å². The number of carboxylic acids is 1. The van der Waals surface area contributed by atoms with Crippen LogP contribution in [0.2, 0.25) is 0 Å². The maximum Gasteiger partial charge on any atom is 0.303 e. The second-order valence-corrected chi connectivity index (χ2v) is 4.68. The Morgan fingerprint density at radius 2 is 1.89 bits per heavy atom. The minimum atomic E-state index is -0.707. The lowest BCUT2D eigenvalue weighted by Crippen LogP contribution is -1.99. The molecule has 3 heteroatoms. The van der Waals surface area contributed by atoms with Crippen LogP contribution in [0.3, 0.4) is 0 Å². The second kappa shape index (κ2) is 7.75. The summed E-state index contributed by atoms with van der Waals surface area (Å²) in [5, 5.41) is 8.50. The lowest BCUT2D eigenvalue weighted by atomic mass is 10.1. The van der Waals surface area contributed by atoms with Crippen LogP contribution in [0.15, 0.2) is 18.2 Å². The van der Waals surface area contributed by atoms with E-state index in [-0.39, 0.29) is 6.42 Å². The number of aliphatic carboxylic acids is 1. The maximum atomic E-state index is 10.3. The van der Waals surface area contributed by atoms with Gasteiger partial charge in [0.15, 0.2) is 0 Å². The molecule has 18 heavy (non-hydrogen) atoms. The number of carbonyl (C=O) groups is 1. The fraction of sp³-hybridized carbons (Fsp3) is 0.533. The van der Waals surface area contributed by atoms with E-state index in [2.05, 4.69) is 25.1 Å². The van der Waals surface area contributed by atoms with E-state index >= 15 is 0 Å². The van der Waals surface area contributed by atoms with Crippen molar-refractivity contribution in [3.63, 3.8) is 0 Å². The van der Waals surface area contributed by atoms with Gasteiger partial charge in [0.25, 0.3) is 0 Å². The highest BCUT2D eigenvalue weighted by Gasteiger charge is 2.00. The number of benzene rings is 1. The second-order valence-electron chi connectivity index (χ2n) is 4.68. The molecule has 0 bridgehead atoms. The molecule has 3 nitrogen and oxygen atoms in total. The quantitative estimate of drug-likeness (QED) is 0.715. The number of hydrogen-bond acceptors (Lipinski definition) is 2. The van der Waals surface area contributed by atoms with Gasteiger partial charge >= 0.3 is 5.97 Å². The Balaban J connectivity index is 2.14. The number of unbranched alkanes of at least 4 members (excludes halogenated alkanes) is 3. The van der Waals surface area contributed by atoms with Gasteiger partial charge < -0.3 is 9.84 Å². The van der Waals surface area contributed by atoms with Crippen molar-refractivity contribution < 1.29 is 14.6 Å². The van der Waals surface area contributed by atoms with Crippen LogP contribution >= 0.6 is 0 Å². The van der Waals surface area contributed by atoms with E-state index in [1.54, 1.807) is 0 Å². The van der Waals surface area contributed by atoms with Crippen LogP contribution in [0, 0.1) is 13.8 Å². The normalized spacial score (nSPS) is 10.3. The van der Waals surface area contributed by atoms with Gasteiger partial charge in [-0.2, -0.15) is 0 Å². The third-order valence-electron chi connectivity index (χ3n) is 2.89. The third kappa shape index (κ3) is 5.71. The van der Waals surface area contributed by atoms with Crippen LogP contribution in [0.1, 0.15) is 43.2 Å². The Morgan fingerprint density at radius 3 is 2.61 bits per heavy atom. The monoisotopic (exact) mass is 250 g/mol. The van der Waals surface area contributed by atoms with Crippen LogP contribution in [-0.4, -0.2) is 17.7 Å². The van der Waals surface area contributed by atoms with Crippen LogP contribution in [0.4, 0.5) is 0 Å². The SMILES string of the molecule is Cc1ccc(C)c(OCCCCCCC(=O)O)c1. The summed E-state index contributed by atoms with van der Waals surface area (Å²) >= 11 is 0. The first-order valence-electron chi connectivity index (χ1n) is 6.51. The number of carboxylic acid groups (broad SMARTS) is 1. The number of aryl methyl sites for hydroxylation is 2. The number of ether oxygens (including phenoxy) is 1. The Kier molecular flexibility index (Phi) is 6.26. The molecule has 0 unspecified atom stereocenters. The molecular weight excluding hydrogens is 228 g/mol. The van der Waals surface area contributed by atoms with Gasteiger partial charge in [0.2, 0.25) is 0 Å². The van der Waals surface area contributed by atoms with Crippen molar-refractivity contribution in [2.24, 2.45) is 0 Å². The van der Waals surface area contributed by atoms with Crippen molar-refractivity contribution in [3.8, 4) is 5.75 Å². The van der Waals surface area contributed by atoms with Crippen LogP contribution in [0.25, 0.3) is 0 Å². The minimum Gasteiger partial charge on any atom is -0.493 e. The van der Waals surface area contributed by atoms with Crippen molar-refractivity contribution in [1.29, 1.82) is 0 Å². The summed E-state index contributed by atoms with van der Waals surface area (Å²) in [6.07, 6.45) is 4.00. The van der Waals surface area contributed by atoms with Crippen molar-refractivity contribution >= 4 is 5.97 Å². The molecule has 0 atom stereocenters. The number of hydrogen-bond donors (Lipinski definition) is 1. The van der Waals surface area contributed by atoms with Gasteiger partial charge in [0, 0.05) is 6.42 Å². The molecule has 1 rings (SSSR count). The molecule has 0 saturated carbocycles. The Hall–Kier alpha value is -1.51. The average molecular weight is 250 g/mol. The van der Waals surface area contributed by atoms with E-state index in [1.165, 1.54) is 5.56 Å². The van der Waals surface area contributed by atoms with Crippen molar-refractivity contribution in [2.45, 2.75) is 46.0 Å². The Labute approximate surface area is 109 Å². The van der Waals surface area contributed by atoms with E-state index in [4.69, 9.17) is 9.84 Å². The van der Waals surface area contributed by atoms with Gasteiger partial charge in [-0.25, -0.2) is 0 Å². The van der Waals surface area contributed by atoms with Gasteiger partial charge in [-0.05, 0) is 43.9 Å². The third-order valence-corrected chi connectivity index (χ3v) is 2.89.